The minimum absolute atomic E-state index is 0.169. The lowest BCUT2D eigenvalue weighted by Crippen LogP contribution is -2.48. The van der Waals surface area contributed by atoms with Crippen LogP contribution >= 0.6 is 0 Å². The van der Waals surface area contributed by atoms with Gasteiger partial charge in [-0.25, -0.2) is 4.39 Å². The number of amides is 2. The Kier molecular flexibility index (Phi) is 7.44. The van der Waals surface area contributed by atoms with E-state index in [0.717, 1.165) is 26.2 Å². The van der Waals surface area contributed by atoms with Crippen LogP contribution in [0.1, 0.15) is 15.9 Å². The van der Waals surface area contributed by atoms with Crippen LogP contribution in [-0.2, 0) is 11.3 Å². The van der Waals surface area contributed by atoms with E-state index in [2.05, 4.69) is 20.4 Å². The zero-order valence-electron chi connectivity index (χ0n) is 18.3. The zero-order chi connectivity index (χ0) is 23.0. The first kappa shape index (κ1) is 22.6. The monoisotopic (exact) mass is 446 g/mol. The first-order valence-corrected chi connectivity index (χ1v) is 11.0. The molecule has 33 heavy (non-hydrogen) atoms. The van der Waals surface area contributed by atoms with E-state index in [-0.39, 0.29) is 24.2 Å². The van der Waals surface area contributed by atoms with Crippen molar-refractivity contribution < 1.29 is 14.0 Å². The fourth-order valence-electron chi connectivity index (χ4n) is 3.88. The molecule has 4 rings (SSSR count). The number of nitrogens with zero attached hydrogens (tertiary/aromatic N) is 2. The Morgan fingerprint density at radius 3 is 2.15 bits per heavy atom. The molecule has 0 atom stereocenters. The van der Waals surface area contributed by atoms with E-state index in [1.165, 1.54) is 6.07 Å². The van der Waals surface area contributed by atoms with Crippen LogP contribution in [0.4, 0.5) is 15.8 Å². The van der Waals surface area contributed by atoms with Crippen LogP contribution in [0.15, 0.2) is 78.9 Å². The van der Waals surface area contributed by atoms with Crippen molar-refractivity contribution in [2.75, 3.05) is 43.4 Å². The lowest BCUT2D eigenvalue weighted by molar-refractivity contribution is -0.117. The maximum absolute atomic E-state index is 13.9. The van der Waals surface area contributed by atoms with Crippen molar-refractivity contribution in [1.29, 1.82) is 0 Å². The van der Waals surface area contributed by atoms with Gasteiger partial charge in [0.25, 0.3) is 5.91 Å². The first-order valence-electron chi connectivity index (χ1n) is 11.0. The molecule has 0 aromatic heterocycles. The van der Waals surface area contributed by atoms with Crippen molar-refractivity contribution in [2.24, 2.45) is 0 Å². The second-order valence-corrected chi connectivity index (χ2v) is 8.06. The summed E-state index contributed by atoms with van der Waals surface area (Å²) < 4.78 is 13.9. The Morgan fingerprint density at radius 1 is 0.758 bits per heavy atom. The van der Waals surface area contributed by atoms with Gasteiger partial charge in [0.1, 0.15) is 5.82 Å². The average Bonchev–Trinajstić information content (AvgIpc) is 2.83. The number of benzene rings is 3. The lowest BCUT2D eigenvalue weighted by atomic mass is 10.1. The Labute approximate surface area is 193 Å². The van der Waals surface area contributed by atoms with Crippen molar-refractivity contribution in [1.82, 2.24) is 9.80 Å². The van der Waals surface area contributed by atoms with Gasteiger partial charge in [0.05, 0.1) is 17.8 Å². The average molecular weight is 447 g/mol. The molecule has 0 saturated carbocycles. The molecule has 2 amide bonds. The SMILES string of the molecule is O=C(CN1CCN(Cc2ccccc2F)CC1)Nc1ccccc1C(=O)Nc1ccccc1. The molecule has 170 valence electrons. The topological polar surface area (TPSA) is 64.7 Å². The van der Waals surface area contributed by atoms with Crippen LogP contribution < -0.4 is 10.6 Å². The molecular weight excluding hydrogens is 419 g/mol. The molecule has 0 aliphatic carbocycles. The normalized spacial score (nSPS) is 14.6. The smallest absolute Gasteiger partial charge is 0.257 e. The molecule has 0 radical (unpaired) electrons. The second kappa shape index (κ2) is 10.8. The number of halogens is 1. The van der Waals surface area contributed by atoms with Crippen LogP contribution in [0.25, 0.3) is 0 Å². The molecule has 2 N–H and O–H groups in total. The molecule has 1 heterocycles. The number of piperazine rings is 1. The molecule has 1 fully saturated rings. The number of hydrogen-bond acceptors (Lipinski definition) is 4. The summed E-state index contributed by atoms with van der Waals surface area (Å²) in [4.78, 5) is 29.7. The van der Waals surface area contributed by atoms with Crippen LogP contribution in [-0.4, -0.2) is 54.3 Å². The molecule has 1 aliphatic rings. The molecule has 0 bridgehead atoms. The van der Waals surface area contributed by atoms with Crippen molar-refractivity contribution in [3.05, 3.63) is 95.8 Å². The molecular formula is C26H27FN4O2. The van der Waals surface area contributed by atoms with Gasteiger partial charge in [-0.3, -0.25) is 19.4 Å². The third-order valence-corrected chi connectivity index (χ3v) is 5.66. The van der Waals surface area contributed by atoms with Crippen LogP contribution in [0.2, 0.25) is 0 Å². The number of carbonyl (C=O) groups is 2. The van der Waals surface area contributed by atoms with Crippen LogP contribution in [0.5, 0.6) is 0 Å². The lowest BCUT2D eigenvalue weighted by Gasteiger charge is -2.34. The molecule has 0 spiro atoms. The van der Waals surface area contributed by atoms with E-state index >= 15 is 0 Å². The fourth-order valence-corrected chi connectivity index (χ4v) is 3.88. The maximum Gasteiger partial charge on any atom is 0.257 e. The van der Waals surface area contributed by atoms with Gasteiger partial charge in [-0.05, 0) is 30.3 Å². The quantitative estimate of drug-likeness (QED) is 0.579. The number of carbonyl (C=O) groups excluding carboxylic acids is 2. The Morgan fingerprint density at radius 2 is 1.39 bits per heavy atom. The van der Waals surface area contributed by atoms with E-state index in [1.54, 1.807) is 36.4 Å². The van der Waals surface area contributed by atoms with Crippen molar-refractivity contribution in [2.45, 2.75) is 6.54 Å². The number of anilines is 2. The third kappa shape index (κ3) is 6.25. The standard InChI is InChI=1S/C26H27FN4O2/c27-23-12-6-4-8-20(23)18-30-14-16-31(17-15-30)19-25(32)29-24-13-7-5-11-22(24)26(33)28-21-9-2-1-3-10-21/h1-13H,14-19H2,(H,28,33)(H,29,32). The van der Waals surface area contributed by atoms with Gasteiger partial charge in [-0.15, -0.1) is 0 Å². The number of rotatable bonds is 7. The maximum atomic E-state index is 13.9. The van der Waals surface area contributed by atoms with Crippen LogP contribution in [0, 0.1) is 5.82 Å². The Hall–Kier alpha value is -3.55. The van der Waals surface area contributed by atoms with Gasteiger partial charge >= 0.3 is 0 Å². The predicted octanol–water partition coefficient (Wildman–Crippen LogP) is 3.83. The summed E-state index contributed by atoms with van der Waals surface area (Å²) in [5, 5.41) is 5.73. The van der Waals surface area contributed by atoms with Gasteiger partial charge < -0.3 is 10.6 Å². The molecule has 6 nitrogen and oxygen atoms in total. The summed E-state index contributed by atoms with van der Waals surface area (Å²) in [6, 6.07) is 23.0. The fraction of sp³-hybridized carbons (Fsp3) is 0.231. The van der Waals surface area contributed by atoms with Crippen molar-refractivity contribution in [3.8, 4) is 0 Å². The first-order chi connectivity index (χ1) is 16.1. The molecule has 3 aromatic rings. The predicted molar refractivity (Wildman–Crippen MR) is 128 cm³/mol. The molecule has 1 aliphatic heterocycles. The van der Waals surface area contributed by atoms with E-state index < -0.39 is 0 Å². The summed E-state index contributed by atoms with van der Waals surface area (Å²) in [6.45, 7) is 3.77. The second-order valence-electron chi connectivity index (χ2n) is 8.06. The highest BCUT2D eigenvalue weighted by atomic mass is 19.1. The van der Waals surface area contributed by atoms with Crippen LogP contribution in [0.3, 0.4) is 0 Å². The van der Waals surface area contributed by atoms with Gasteiger partial charge in [0, 0.05) is 44.0 Å². The third-order valence-electron chi connectivity index (χ3n) is 5.66. The number of nitrogens with one attached hydrogen (secondary N) is 2. The highest BCUT2D eigenvalue weighted by molar-refractivity contribution is 6.10. The Balaban J connectivity index is 1.29. The minimum Gasteiger partial charge on any atom is -0.324 e. The van der Waals surface area contributed by atoms with E-state index in [4.69, 9.17) is 0 Å². The summed E-state index contributed by atoms with van der Waals surface area (Å²) in [6.07, 6.45) is 0. The van der Waals surface area contributed by atoms with Gasteiger partial charge in [0.2, 0.25) is 5.91 Å². The summed E-state index contributed by atoms with van der Waals surface area (Å²) in [5.41, 5.74) is 2.27. The number of para-hydroxylation sites is 2. The van der Waals surface area contributed by atoms with Crippen molar-refractivity contribution >= 4 is 23.2 Å². The molecule has 3 aromatic carbocycles. The van der Waals surface area contributed by atoms with Gasteiger partial charge in [-0.2, -0.15) is 0 Å². The highest BCUT2D eigenvalue weighted by Crippen LogP contribution is 2.18. The zero-order valence-corrected chi connectivity index (χ0v) is 18.3. The highest BCUT2D eigenvalue weighted by Gasteiger charge is 2.21. The molecule has 1 saturated heterocycles. The largest absolute Gasteiger partial charge is 0.324 e. The minimum atomic E-state index is -0.279. The molecule has 7 heteroatoms. The van der Waals surface area contributed by atoms with E-state index in [0.29, 0.717) is 29.0 Å². The van der Waals surface area contributed by atoms with Crippen molar-refractivity contribution in [3.63, 3.8) is 0 Å². The van der Waals surface area contributed by atoms with E-state index in [9.17, 15) is 14.0 Å². The number of hydrogen-bond donors (Lipinski definition) is 2. The summed E-state index contributed by atoms with van der Waals surface area (Å²) in [7, 11) is 0. The summed E-state index contributed by atoms with van der Waals surface area (Å²) in [5.74, 6) is -0.634. The molecule has 0 unspecified atom stereocenters. The van der Waals surface area contributed by atoms with Gasteiger partial charge in [-0.1, -0.05) is 48.5 Å². The Bertz CT molecular complexity index is 1100. The summed E-state index contributed by atoms with van der Waals surface area (Å²) >= 11 is 0. The van der Waals surface area contributed by atoms with E-state index in [1.807, 2.05) is 36.4 Å². The van der Waals surface area contributed by atoms with Gasteiger partial charge in [0.15, 0.2) is 0 Å².